The molecule has 1 aliphatic heterocycles. The summed E-state index contributed by atoms with van der Waals surface area (Å²) in [5, 5.41) is 8.74. The van der Waals surface area contributed by atoms with Gasteiger partial charge in [-0.05, 0) is 58.2 Å². The van der Waals surface area contributed by atoms with E-state index in [1.54, 1.807) is 6.92 Å². The Hall–Kier alpha value is -2.13. The molecule has 1 aromatic rings. The molecule has 0 spiro atoms. The van der Waals surface area contributed by atoms with Crippen LogP contribution in [-0.4, -0.2) is 34.9 Å². The van der Waals surface area contributed by atoms with Crippen molar-refractivity contribution < 1.29 is 14.3 Å². The highest BCUT2D eigenvalue weighted by atomic mass is 35.5. The molecule has 1 saturated heterocycles. The minimum absolute atomic E-state index is 0.147. The van der Waals surface area contributed by atoms with Crippen LogP contribution in [0.15, 0.2) is 6.07 Å². The van der Waals surface area contributed by atoms with E-state index in [9.17, 15) is 14.9 Å². The Morgan fingerprint density at radius 2 is 1.96 bits per heavy atom. The van der Waals surface area contributed by atoms with Crippen molar-refractivity contribution in [3.63, 3.8) is 0 Å². The third kappa shape index (κ3) is 4.70. The minimum atomic E-state index is -0.628. The highest BCUT2D eigenvalue weighted by Gasteiger charge is 2.30. The first kappa shape index (κ1) is 19.2. The lowest BCUT2D eigenvalue weighted by Crippen LogP contribution is -2.39. The molecular weight excluding hydrogens is 342 g/mol. The van der Waals surface area contributed by atoms with Crippen LogP contribution in [0.5, 0.6) is 0 Å². The number of esters is 1. The zero-order chi connectivity index (χ0) is 18.8. The molecule has 7 heteroatoms. The molecule has 2 rings (SSSR count). The van der Waals surface area contributed by atoms with Crippen molar-refractivity contribution in [1.29, 1.82) is 5.26 Å². The Labute approximate surface area is 152 Å². The van der Waals surface area contributed by atoms with Gasteiger partial charge in [0.15, 0.2) is 0 Å². The summed E-state index contributed by atoms with van der Waals surface area (Å²) >= 11 is 5.53. The van der Waals surface area contributed by atoms with Crippen LogP contribution in [-0.2, 0) is 9.53 Å². The van der Waals surface area contributed by atoms with Gasteiger partial charge < -0.3 is 9.64 Å². The molecule has 1 fully saturated rings. The second-order valence-corrected chi connectivity index (χ2v) is 7.52. The summed E-state index contributed by atoms with van der Waals surface area (Å²) in [4.78, 5) is 30.0. The molecule has 0 aromatic carbocycles. The van der Waals surface area contributed by atoms with E-state index in [2.05, 4.69) is 11.1 Å². The van der Waals surface area contributed by atoms with Gasteiger partial charge in [-0.15, -0.1) is 0 Å². The Bertz CT molecular complexity index is 726. The van der Waals surface area contributed by atoms with Crippen molar-refractivity contribution >= 4 is 28.6 Å². The lowest BCUT2D eigenvalue weighted by atomic mass is 9.96. The second kappa shape index (κ2) is 7.40. The molecule has 6 nitrogen and oxygen atoms in total. The van der Waals surface area contributed by atoms with E-state index in [1.165, 1.54) is 6.07 Å². The topological polar surface area (TPSA) is 83.3 Å². The van der Waals surface area contributed by atoms with Gasteiger partial charge in [0.1, 0.15) is 17.5 Å². The Morgan fingerprint density at radius 3 is 2.44 bits per heavy atom. The predicted molar refractivity (Wildman–Crippen MR) is 94.7 cm³/mol. The first-order valence-corrected chi connectivity index (χ1v) is 8.59. The number of pyridine rings is 1. The summed E-state index contributed by atoms with van der Waals surface area (Å²) in [6, 6.07) is 3.55. The average Bonchev–Trinajstić information content (AvgIpc) is 2.52. The highest BCUT2D eigenvalue weighted by molar-refractivity contribution is 6.67. The first-order valence-electron chi connectivity index (χ1n) is 8.21. The second-order valence-electron chi connectivity index (χ2n) is 7.17. The number of nitriles is 1. The number of carbonyl (C=O) groups is 2. The van der Waals surface area contributed by atoms with E-state index in [4.69, 9.17) is 16.3 Å². The number of rotatable bonds is 3. The van der Waals surface area contributed by atoms with E-state index in [-0.39, 0.29) is 17.5 Å². The quantitative estimate of drug-likeness (QED) is 0.605. The van der Waals surface area contributed by atoms with Crippen LogP contribution in [0.4, 0.5) is 5.82 Å². The van der Waals surface area contributed by atoms with Crippen LogP contribution in [0, 0.1) is 24.2 Å². The van der Waals surface area contributed by atoms with Crippen molar-refractivity contribution in [3.8, 4) is 6.07 Å². The summed E-state index contributed by atoms with van der Waals surface area (Å²) in [5.41, 5.74) is 0.546. The molecule has 1 aromatic heterocycles. The summed E-state index contributed by atoms with van der Waals surface area (Å²) < 4.78 is 5.45. The fraction of sp³-hybridized carbons (Fsp3) is 0.556. The van der Waals surface area contributed by atoms with Crippen LogP contribution in [0.2, 0.25) is 0 Å². The summed E-state index contributed by atoms with van der Waals surface area (Å²) in [5.74, 6) is 0.204. The number of aromatic nitrogens is 1. The molecule has 134 valence electrons. The number of anilines is 1. The van der Waals surface area contributed by atoms with Gasteiger partial charge >= 0.3 is 5.97 Å². The lowest BCUT2D eigenvalue weighted by Gasteiger charge is -2.33. The fourth-order valence-electron chi connectivity index (χ4n) is 2.83. The SMILES string of the molecule is Cc1nc(N2CCC(C(=O)OC(C)(C)C)CC2)c(C#N)cc1C(=O)Cl. The number of ether oxygens (including phenoxy) is 1. The third-order valence-corrected chi connectivity index (χ3v) is 4.26. The van der Waals surface area contributed by atoms with Crippen LogP contribution in [0.25, 0.3) is 0 Å². The van der Waals surface area contributed by atoms with Crippen LogP contribution in [0.3, 0.4) is 0 Å². The molecule has 0 aliphatic carbocycles. The zero-order valence-electron chi connectivity index (χ0n) is 14.9. The van der Waals surface area contributed by atoms with E-state index in [0.29, 0.717) is 43.0 Å². The van der Waals surface area contributed by atoms with Crippen molar-refractivity contribution in [1.82, 2.24) is 4.98 Å². The molecule has 0 N–H and O–H groups in total. The third-order valence-electron chi connectivity index (χ3n) is 4.06. The molecule has 1 aliphatic rings. The number of halogens is 1. The molecule has 0 unspecified atom stereocenters. The summed E-state index contributed by atoms with van der Waals surface area (Å²) in [6.45, 7) is 8.44. The number of hydrogen-bond acceptors (Lipinski definition) is 6. The number of nitrogens with zero attached hydrogens (tertiary/aromatic N) is 3. The molecule has 0 saturated carbocycles. The van der Waals surface area contributed by atoms with Crippen molar-refractivity contribution in [2.45, 2.75) is 46.1 Å². The van der Waals surface area contributed by atoms with Crippen LogP contribution >= 0.6 is 11.6 Å². The van der Waals surface area contributed by atoms with Crippen LogP contribution < -0.4 is 4.90 Å². The van der Waals surface area contributed by atoms with Gasteiger partial charge in [-0.25, -0.2) is 4.98 Å². The number of aryl methyl sites for hydroxylation is 1. The maximum Gasteiger partial charge on any atom is 0.309 e. The highest BCUT2D eigenvalue weighted by Crippen LogP contribution is 2.28. The molecule has 0 radical (unpaired) electrons. The first-order chi connectivity index (χ1) is 11.6. The lowest BCUT2D eigenvalue weighted by molar-refractivity contribution is -0.160. The number of hydrogen-bond donors (Lipinski definition) is 0. The standard InChI is InChI=1S/C18H22ClN3O3/c1-11-14(15(19)23)9-13(10-20)16(21-11)22-7-5-12(6-8-22)17(24)25-18(2,3)4/h9,12H,5-8H2,1-4H3. The zero-order valence-corrected chi connectivity index (χ0v) is 15.7. The van der Waals surface area contributed by atoms with Gasteiger partial charge in [0.2, 0.25) is 0 Å². The van der Waals surface area contributed by atoms with Gasteiger partial charge in [-0.3, -0.25) is 9.59 Å². The van der Waals surface area contributed by atoms with Crippen molar-refractivity contribution in [3.05, 3.63) is 22.9 Å². The maximum absolute atomic E-state index is 12.2. The van der Waals surface area contributed by atoms with Gasteiger partial charge in [-0.2, -0.15) is 5.26 Å². The Balaban J connectivity index is 2.13. The number of piperidine rings is 1. The van der Waals surface area contributed by atoms with Gasteiger partial charge in [0, 0.05) is 13.1 Å². The maximum atomic E-state index is 12.2. The smallest absolute Gasteiger partial charge is 0.309 e. The molecule has 0 amide bonds. The van der Waals surface area contributed by atoms with Gasteiger partial charge in [-0.1, -0.05) is 0 Å². The Morgan fingerprint density at radius 1 is 1.36 bits per heavy atom. The van der Waals surface area contributed by atoms with E-state index < -0.39 is 10.8 Å². The van der Waals surface area contributed by atoms with Gasteiger partial charge in [0.25, 0.3) is 5.24 Å². The van der Waals surface area contributed by atoms with E-state index in [1.807, 2.05) is 25.7 Å². The van der Waals surface area contributed by atoms with Crippen molar-refractivity contribution in [2.24, 2.45) is 5.92 Å². The van der Waals surface area contributed by atoms with Gasteiger partial charge in [0.05, 0.1) is 22.7 Å². The Kier molecular flexibility index (Phi) is 5.69. The summed E-state index contributed by atoms with van der Waals surface area (Å²) in [6.07, 6.45) is 1.27. The van der Waals surface area contributed by atoms with Crippen molar-refractivity contribution in [2.75, 3.05) is 18.0 Å². The largest absolute Gasteiger partial charge is 0.460 e. The van der Waals surface area contributed by atoms with E-state index >= 15 is 0 Å². The van der Waals surface area contributed by atoms with Crippen LogP contribution in [0.1, 0.15) is 55.2 Å². The predicted octanol–water partition coefficient (Wildman–Crippen LogP) is 3.20. The summed E-state index contributed by atoms with van der Waals surface area (Å²) in [7, 11) is 0. The molecule has 25 heavy (non-hydrogen) atoms. The molecular formula is C18H22ClN3O3. The normalized spacial score (nSPS) is 15.6. The molecule has 2 heterocycles. The molecule has 0 atom stereocenters. The number of carbonyl (C=O) groups excluding carboxylic acids is 2. The molecule has 0 bridgehead atoms. The van der Waals surface area contributed by atoms with E-state index in [0.717, 1.165) is 0 Å². The monoisotopic (exact) mass is 363 g/mol. The minimum Gasteiger partial charge on any atom is -0.460 e. The average molecular weight is 364 g/mol. The fourth-order valence-corrected chi connectivity index (χ4v) is 3.02.